The van der Waals surface area contributed by atoms with Crippen molar-refractivity contribution in [3.63, 3.8) is 0 Å². The van der Waals surface area contributed by atoms with Crippen LogP contribution in [0.2, 0.25) is 0 Å². The Morgan fingerprint density at radius 2 is 1.86 bits per heavy atom. The zero-order valence-corrected chi connectivity index (χ0v) is 16.9. The Kier molecular flexibility index (Phi) is 7.30. The molecule has 2 aromatic heterocycles. The Balaban J connectivity index is 1.85. The van der Waals surface area contributed by atoms with Gasteiger partial charge in [-0.1, -0.05) is 12.2 Å². The van der Waals surface area contributed by atoms with Gasteiger partial charge in [0.25, 0.3) is 5.56 Å². The summed E-state index contributed by atoms with van der Waals surface area (Å²) in [7, 11) is -15.8. The van der Waals surface area contributed by atoms with Gasteiger partial charge in [0.15, 0.2) is 11.2 Å². The van der Waals surface area contributed by atoms with E-state index in [1.165, 1.54) is 23.0 Å². The van der Waals surface area contributed by atoms with Crippen LogP contribution in [0.1, 0.15) is 0 Å². The number of fused-ring (bicyclic) bond motifs is 1. The largest absolute Gasteiger partial charge is 0.488 e. The van der Waals surface area contributed by atoms with Crippen molar-refractivity contribution in [2.75, 3.05) is 18.7 Å². The third-order valence-electron chi connectivity index (χ3n) is 2.87. The maximum Gasteiger partial charge on any atom is 0.488 e. The van der Waals surface area contributed by atoms with E-state index in [2.05, 4.69) is 23.6 Å². The lowest BCUT2D eigenvalue weighted by Gasteiger charge is -2.16. The summed E-state index contributed by atoms with van der Waals surface area (Å²) < 4.78 is 46.9. The molecule has 7 N–H and O–H groups in total. The number of aromatic amines is 1. The molecule has 2 heterocycles. The topological polar surface area (TPSA) is 249 Å². The first-order valence-electron chi connectivity index (χ1n) is 7.34. The molecule has 16 nitrogen and oxygen atoms in total. The van der Waals surface area contributed by atoms with Gasteiger partial charge >= 0.3 is 23.2 Å². The maximum atomic E-state index is 11.7. The molecule has 0 bridgehead atoms. The predicted molar refractivity (Wildman–Crippen MR) is 96.4 cm³/mol. The van der Waals surface area contributed by atoms with E-state index in [1.807, 2.05) is 0 Å². The maximum absolute atomic E-state index is 11.7. The lowest BCUT2D eigenvalue weighted by molar-refractivity contribution is 0.175. The number of phosphoric acid groups is 2. The van der Waals surface area contributed by atoms with Crippen LogP contribution in [0.3, 0.4) is 0 Å². The Bertz CT molecular complexity index is 1100. The first-order valence-corrected chi connectivity index (χ1v) is 12.1. The second-order valence-corrected chi connectivity index (χ2v) is 10.0. The van der Waals surface area contributed by atoms with Crippen molar-refractivity contribution in [3.05, 3.63) is 28.8 Å². The predicted octanol–water partition coefficient (Wildman–Crippen LogP) is -0.356. The smallest absolute Gasteiger partial charge is 0.369 e. The molecule has 0 fully saturated rings. The van der Waals surface area contributed by atoms with Crippen LogP contribution in [-0.2, 0) is 33.6 Å². The number of allylic oxidation sites excluding steroid dienone is 1. The number of nitrogens with one attached hydrogen (secondary N) is 1. The molecule has 0 amide bonds. The fraction of sp³-hybridized carbons (Fsp3) is 0.300. The van der Waals surface area contributed by atoms with Crippen LogP contribution in [0.4, 0.5) is 5.95 Å². The molecule has 0 aliphatic heterocycles. The molecule has 0 saturated carbocycles. The van der Waals surface area contributed by atoms with Crippen LogP contribution in [0.15, 0.2) is 23.3 Å². The molecule has 162 valence electrons. The van der Waals surface area contributed by atoms with Crippen molar-refractivity contribution in [2.45, 2.75) is 6.54 Å². The van der Waals surface area contributed by atoms with E-state index in [0.29, 0.717) is 0 Å². The molecular weight excluding hydrogens is 459 g/mol. The van der Waals surface area contributed by atoms with Crippen LogP contribution in [0.25, 0.3) is 11.2 Å². The molecule has 0 aromatic carbocycles. The molecule has 2 aromatic rings. The number of aromatic nitrogens is 4. The highest BCUT2D eigenvalue weighted by Gasteiger charge is 2.39. The molecule has 29 heavy (non-hydrogen) atoms. The number of nitrogens with two attached hydrogens (primary N) is 1. The highest BCUT2D eigenvalue weighted by atomic mass is 31.3. The molecule has 0 spiro atoms. The van der Waals surface area contributed by atoms with Crippen LogP contribution in [-0.4, -0.2) is 52.0 Å². The van der Waals surface area contributed by atoms with Crippen molar-refractivity contribution < 1.29 is 46.6 Å². The van der Waals surface area contributed by atoms with Gasteiger partial charge in [0.05, 0.1) is 12.9 Å². The summed E-state index contributed by atoms with van der Waals surface area (Å²) in [6, 6.07) is 0. The van der Waals surface area contributed by atoms with Crippen LogP contribution in [0, 0.1) is 0 Å². The molecule has 0 radical (unpaired) electrons. The average molecular weight is 475 g/mol. The summed E-state index contributed by atoms with van der Waals surface area (Å²) in [5.74, 6) is -0.0841. The third kappa shape index (κ3) is 7.57. The number of rotatable bonds is 10. The summed E-state index contributed by atoms with van der Waals surface area (Å²) >= 11 is 0. The monoisotopic (exact) mass is 475 g/mol. The normalized spacial score (nSPS) is 16.8. The summed E-state index contributed by atoms with van der Waals surface area (Å²) in [4.78, 5) is 57.1. The number of imidazole rings is 1. The Labute approximate surface area is 161 Å². The number of H-pyrrole nitrogens is 1. The zero-order chi connectivity index (χ0) is 21.9. The van der Waals surface area contributed by atoms with Gasteiger partial charge in [-0.3, -0.25) is 14.3 Å². The van der Waals surface area contributed by atoms with Crippen molar-refractivity contribution in [2.24, 2.45) is 0 Å². The van der Waals surface area contributed by atoms with Gasteiger partial charge in [0.1, 0.15) is 6.35 Å². The van der Waals surface area contributed by atoms with Gasteiger partial charge in [-0.05, 0) is 0 Å². The van der Waals surface area contributed by atoms with E-state index in [4.69, 9.17) is 25.2 Å². The summed E-state index contributed by atoms with van der Waals surface area (Å²) in [5, 5.41) is 0. The molecule has 2 rings (SSSR count). The van der Waals surface area contributed by atoms with Gasteiger partial charge in [-0.15, -0.1) is 0 Å². The van der Waals surface area contributed by atoms with Crippen molar-refractivity contribution in [3.8, 4) is 0 Å². The van der Waals surface area contributed by atoms with E-state index in [1.54, 1.807) is 0 Å². The van der Waals surface area contributed by atoms with Crippen molar-refractivity contribution in [1.29, 1.82) is 0 Å². The number of hydrogen-bond donors (Lipinski definition) is 6. The number of anilines is 1. The van der Waals surface area contributed by atoms with E-state index < -0.39 is 35.1 Å². The zero-order valence-electron chi connectivity index (χ0n) is 14.3. The van der Waals surface area contributed by atoms with Crippen LogP contribution in [0.5, 0.6) is 0 Å². The summed E-state index contributed by atoms with van der Waals surface area (Å²) in [5.41, 5.74) is 5.30. The Hall–Kier alpha value is -1.70. The number of hydrogen-bond acceptors (Lipinski definition) is 10. The molecule has 2 atom stereocenters. The highest BCUT2D eigenvalue weighted by Crippen LogP contribution is 2.65. The molecule has 2 unspecified atom stereocenters. The molecule has 0 aliphatic carbocycles. The standard InChI is InChI=1S/C10H16N5O11P3/c11-10-13-8-7(9(16)14-10)12-5-15(8)3-1-2-4-24-6-27(17,18)25-29(22,23)26-28(19,20)21/h1-2,5H,3-4,6H2,(H,17,18)(H,22,23)(H2,19,20,21)(H3,11,13,14,16)/b2-1-. The van der Waals surface area contributed by atoms with Gasteiger partial charge in [-0.2, -0.15) is 9.29 Å². The fourth-order valence-corrected chi connectivity index (χ4v) is 5.21. The van der Waals surface area contributed by atoms with Gasteiger partial charge < -0.3 is 34.6 Å². The van der Waals surface area contributed by atoms with Crippen LogP contribution >= 0.6 is 23.2 Å². The first-order chi connectivity index (χ1) is 13.3. The lowest BCUT2D eigenvalue weighted by Crippen LogP contribution is -2.12. The van der Waals surface area contributed by atoms with E-state index in [0.717, 1.165) is 0 Å². The van der Waals surface area contributed by atoms with E-state index in [-0.39, 0.29) is 30.3 Å². The average Bonchev–Trinajstić information content (AvgIpc) is 2.90. The third-order valence-corrected chi connectivity index (χ3v) is 6.90. The minimum absolute atomic E-state index is 0.0841. The summed E-state index contributed by atoms with van der Waals surface area (Å²) in [6.45, 7) is -0.0310. The SMILES string of the molecule is Nc1nc2c(ncn2C/C=C\COCP(=O)(O)OP(=O)(O)OP(=O)(O)O)c(=O)[nH]1. The van der Waals surface area contributed by atoms with Crippen molar-refractivity contribution >= 4 is 40.4 Å². The lowest BCUT2D eigenvalue weighted by atomic mass is 10.5. The molecule has 0 saturated heterocycles. The molecular formula is C10H16N5O11P3. The van der Waals surface area contributed by atoms with E-state index in [9.17, 15) is 23.4 Å². The van der Waals surface area contributed by atoms with E-state index >= 15 is 0 Å². The Morgan fingerprint density at radius 1 is 1.17 bits per heavy atom. The van der Waals surface area contributed by atoms with Crippen molar-refractivity contribution in [1.82, 2.24) is 19.5 Å². The van der Waals surface area contributed by atoms with Gasteiger partial charge in [0.2, 0.25) is 5.95 Å². The van der Waals surface area contributed by atoms with Gasteiger partial charge in [0, 0.05) is 6.54 Å². The number of nitrogens with zero attached hydrogens (tertiary/aromatic N) is 3. The minimum atomic E-state index is -5.49. The quantitative estimate of drug-likeness (QED) is 0.146. The molecule has 19 heteroatoms. The fourth-order valence-electron chi connectivity index (χ4n) is 1.93. The summed E-state index contributed by atoms with van der Waals surface area (Å²) in [6.07, 6.45) is 3.24. The van der Waals surface area contributed by atoms with Crippen LogP contribution < -0.4 is 11.3 Å². The number of ether oxygens (including phenoxy) is 1. The minimum Gasteiger partial charge on any atom is -0.369 e. The Morgan fingerprint density at radius 3 is 2.52 bits per heavy atom. The second-order valence-electron chi connectivity index (χ2n) is 5.25. The highest BCUT2D eigenvalue weighted by molar-refractivity contribution is 7.68. The second kappa shape index (κ2) is 8.98. The van der Waals surface area contributed by atoms with Gasteiger partial charge in [-0.25, -0.2) is 18.4 Å². The molecule has 0 aliphatic rings. The number of nitrogen functional groups attached to an aromatic ring is 1. The first kappa shape index (κ1) is 23.6.